The van der Waals surface area contributed by atoms with Gasteiger partial charge < -0.3 is 15.2 Å². The molecule has 0 saturated carbocycles. The number of benzene rings is 2. The van der Waals surface area contributed by atoms with Crippen molar-refractivity contribution in [3.63, 3.8) is 0 Å². The average Bonchev–Trinajstić information content (AvgIpc) is 2.55. The number of phenols is 1. The van der Waals surface area contributed by atoms with E-state index in [2.05, 4.69) is 5.32 Å². The van der Waals surface area contributed by atoms with E-state index in [-0.39, 0.29) is 17.1 Å². The number of nitrogens with one attached hydrogen (secondary N) is 1. The van der Waals surface area contributed by atoms with Gasteiger partial charge in [0.1, 0.15) is 11.3 Å². The number of aryl methyl sites for hydroxylation is 1. The fourth-order valence-electron chi connectivity index (χ4n) is 2.12. The van der Waals surface area contributed by atoms with Gasteiger partial charge >= 0.3 is 5.97 Å². The minimum atomic E-state index is -1.05. The Morgan fingerprint density at radius 1 is 1.08 bits per heavy atom. The van der Waals surface area contributed by atoms with E-state index < -0.39 is 18.0 Å². The summed E-state index contributed by atoms with van der Waals surface area (Å²) in [6.45, 7) is 4.67. The van der Waals surface area contributed by atoms with Crippen LogP contribution in [0.25, 0.3) is 0 Å². The van der Waals surface area contributed by atoms with Gasteiger partial charge in [-0.3, -0.25) is 9.59 Å². The number of esters is 1. The van der Waals surface area contributed by atoms with Crippen molar-refractivity contribution >= 4 is 23.3 Å². The third kappa shape index (κ3) is 4.67. The molecular weight excluding hydrogens is 322 g/mol. The number of carbonyl (C=O) groups is 3. The molecule has 0 spiro atoms. The molecule has 0 bridgehead atoms. The topological polar surface area (TPSA) is 92.7 Å². The van der Waals surface area contributed by atoms with E-state index in [0.29, 0.717) is 11.3 Å². The Morgan fingerprint density at radius 2 is 1.72 bits per heavy atom. The lowest BCUT2D eigenvalue weighted by Gasteiger charge is -2.14. The standard InChI is InChI=1S/C19H19NO5/c1-11-4-9-16(17(22)10-11)19(24)25-13(3)18(23)20-15-7-5-14(6-8-15)12(2)21/h4-10,13,22H,1-3H3,(H,20,23)/t13-/m1/s1. The second-order valence-corrected chi connectivity index (χ2v) is 5.69. The van der Waals surface area contributed by atoms with Gasteiger partial charge in [-0.25, -0.2) is 4.79 Å². The molecule has 0 heterocycles. The molecule has 2 rings (SSSR count). The van der Waals surface area contributed by atoms with Crippen LogP contribution in [0.2, 0.25) is 0 Å². The van der Waals surface area contributed by atoms with Crippen molar-refractivity contribution < 1.29 is 24.2 Å². The number of carbonyl (C=O) groups excluding carboxylic acids is 3. The number of amides is 1. The zero-order valence-corrected chi connectivity index (χ0v) is 14.2. The van der Waals surface area contributed by atoms with Crippen molar-refractivity contribution in [2.24, 2.45) is 0 Å². The summed E-state index contributed by atoms with van der Waals surface area (Å²) in [7, 11) is 0. The zero-order valence-electron chi connectivity index (χ0n) is 14.2. The highest BCUT2D eigenvalue weighted by Crippen LogP contribution is 2.20. The van der Waals surface area contributed by atoms with Crippen LogP contribution < -0.4 is 5.32 Å². The summed E-state index contributed by atoms with van der Waals surface area (Å²) in [6.07, 6.45) is -1.05. The quantitative estimate of drug-likeness (QED) is 0.644. The molecule has 0 saturated heterocycles. The fraction of sp³-hybridized carbons (Fsp3) is 0.211. The molecule has 0 aromatic heterocycles. The van der Waals surface area contributed by atoms with Crippen LogP contribution >= 0.6 is 0 Å². The number of ether oxygens (including phenoxy) is 1. The summed E-state index contributed by atoms with van der Waals surface area (Å²) in [4.78, 5) is 35.4. The van der Waals surface area contributed by atoms with E-state index in [9.17, 15) is 19.5 Å². The molecule has 130 valence electrons. The Balaban J connectivity index is 1.99. The molecule has 0 fully saturated rings. The maximum absolute atomic E-state index is 12.1. The van der Waals surface area contributed by atoms with Crippen molar-refractivity contribution in [1.29, 1.82) is 0 Å². The Morgan fingerprint density at radius 3 is 2.28 bits per heavy atom. The van der Waals surface area contributed by atoms with E-state index in [0.717, 1.165) is 5.56 Å². The van der Waals surface area contributed by atoms with Gasteiger partial charge in [0.2, 0.25) is 0 Å². The predicted octanol–water partition coefficient (Wildman–Crippen LogP) is 3.09. The summed E-state index contributed by atoms with van der Waals surface area (Å²) in [5.41, 5.74) is 1.81. The minimum Gasteiger partial charge on any atom is -0.507 e. The molecule has 2 aromatic rings. The van der Waals surface area contributed by atoms with Gasteiger partial charge in [-0.05, 0) is 62.7 Å². The third-order valence-electron chi connectivity index (χ3n) is 3.59. The van der Waals surface area contributed by atoms with Gasteiger partial charge in [0, 0.05) is 11.3 Å². The second-order valence-electron chi connectivity index (χ2n) is 5.69. The van der Waals surface area contributed by atoms with Crippen LogP contribution in [0.5, 0.6) is 5.75 Å². The van der Waals surface area contributed by atoms with Crippen molar-refractivity contribution in [3.8, 4) is 5.75 Å². The molecule has 0 radical (unpaired) electrons. The summed E-state index contributed by atoms with van der Waals surface area (Å²) < 4.78 is 5.09. The lowest BCUT2D eigenvalue weighted by atomic mass is 10.1. The van der Waals surface area contributed by atoms with Crippen molar-refractivity contribution in [1.82, 2.24) is 0 Å². The van der Waals surface area contributed by atoms with Gasteiger partial charge in [-0.15, -0.1) is 0 Å². The van der Waals surface area contributed by atoms with Crippen LogP contribution in [-0.4, -0.2) is 28.9 Å². The van der Waals surface area contributed by atoms with Crippen LogP contribution in [0.1, 0.15) is 40.1 Å². The SMILES string of the molecule is CC(=O)c1ccc(NC(=O)[C@@H](C)OC(=O)c2ccc(C)cc2O)cc1. The van der Waals surface area contributed by atoms with Crippen LogP contribution in [0.4, 0.5) is 5.69 Å². The molecule has 0 aliphatic carbocycles. The lowest BCUT2D eigenvalue weighted by molar-refractivity contribution is -0.123. The Kier molecular flexibility index (Phi) is 5.54. The summed E-state index contributed by atoms with van der Waals surface area (Å²) in [5, 5.41) is 12.4. The number of ketones is 1. The molecule has 2 aromatic carbocycles. The maximum atomic E-state index is 12.1. The largest absolute Gasteiger partial charge is 0.507 e. The van der Waals surface area contributed by atoms with E-state index in [4.69, 9.17) is 4.74 Å². The zero-order chi connectivity index (χ0) is 18.6. The number of hydrogen-bond acceptors (Lipinski definition) is 5. The number of rotatable bonds is 5. The number of phenolic OH excluding ortho intramolecular Hbond substituents is 1. The lowest BCUT2D eigenvalue weighted by Crippen LogP contribution is -2.30. The Bertz CT molecular complexity index is 811. The van der Waals surface area contributed by atoms with Crippen LogP contribution in [-0.2, 0) is 9.53 Å². The first-order chi connectivity index (χ1) is 11.8. The van der Waals surface area contributed by atoms with Gasteiger partial charge in [0.05, 0.1) is 0 Å². The van der Waals surface area contributed by atoms with Crippen molar-refractivity contribution in [2.75, 3.05) is 5.32 Å². The monoisotopic (exact) mass is 341 g/mol. The van der Waals surface area contributed by atoms with E-state index in [1.165, 1.54) is 26.0 Å². The summed E-state index contributed by atoms with van der Waals surface area (Å²) in [5.74, 6) is -1.57. The normalized spacial score (nSPS) is 11.5. The smallest absolute Gasteiger partial charge is 0.342 e. The van der Waals surface area contributed by atoms with E-state index >= 15 is 0 Å². The third-order valence-corrected chi connectivity index (χ3v) is 3.59. The first kappa shape index (κ1) is 18.2. The van der Waals surface area contributed by atoms with Gasteiger partial charge in [0.15, 0.2) is 11.9 Å². The van der Waals surface area contributed by atoms with Crippen LogP contribution in [0.15, 0.2) is 42.5 Å². The number of anilines is 1. The first-order valence-electron chi connectivity index (χ1n) is 7.70. The number of hydrogen-bond donors (Lipinski definition) is 2. The molecular formula is C19H19NO5. The molecule has 1 amide bonds. The fourth-order valence-corrected chi connectivity index (χ4v) is 2.12. The van der Waals surface area contributed by atoms with E-state index in [1.54, 1.807) is 37.3 Å². The molecule has 0 unspecified atom stereocenters. The number of Topliss-reactive ketones (excluding diaryl/α,β-unsaturated/α-hetero) is 1. The molecule has 2 N–H and O–H groups in total. The molecule has 6 heteroatoms. The molecule has 0 aliphatic rings. The van der Waals surface area contributed by atoms with Crippen molar-refractivity contribution in [2.45, 2.75) is 26.9 Å². The van der Waals surface area contributed by atoms with Gasteiger partial charge in [-0.2, -0.15) is 0 Å². The van der Waals surface area contributed by atoms with Crippen LogP contribution in [0.3, 0.4) is 0 Å². The molecule has 6 nitrogen and oxygen atoms in total. The molecule has 0 aliphatic heterocycles. The average molecular weight is 341 g/mol. The first-order valence-corrected chi connectivity index (χ1v) is 7.70. The Hall–Kier alpha value is -3.15. The highest BCUT2D eigenvalue weighted by molar-refractivity contribution is 5.99. The van der Waals surface area contributed by atoms with Crippen molar-refractivity contribution in [3.05, 3.63) is 59.2 Å². The maximum Gasteiger partial charge on any atom is 0.342 e. The Labute approximate surface area is 145 Å². The molecule has 1 atom stereocenters. The highest BCUT2D eigenvalue weighted by atomic mass is 16.5. The van der Waals surface area contributed by atoms with Gasteiger partial charge in [0.25, 0.3) is 5.91 Å². The minimum absolute atomic E-state index is 0.00365. The summed E-state index contributed by atoms with van der Waals surface area (Å²) >= 11 is 0. The predicted molar refractivity (Wildman–Crippen MR) is 92.8 cm³/mol. The summed E-state index contributed by atoms with van der Waals surface area (Å²) in [6, 6.07) is 10.9. The van der Waals surface area contributed by atoms with Crippen LogP contribution in [0, 0.1) is 6.92 Å². The van der Waals surface area contributed by atoms with Gasteiger partial charge in [-0.1, -0.05) is 6.07 Å². The highest BCUT2D eigenvalue weighted by Gasteiger charge is 2.21. The van der Waals surface area contributed by atoms with E-state index in [1.807, 2.05) is 0 Å². The number of aromatic hydroxyl groups is 1. The molecule has 25 heavy (non-hydrogen) atoms. The second kappa shape index (κ2) is 7.61.